The number of aromatic nitrogens is 3. The van der Waals surface area contributed by atoms with E-state index in [-0.39, 0.29) is 16.8 Å². The molecule has 2 N–H and O–H groups in total. The Hall–Kier alpha value is -2.51. The van der Waals surface area contributed by atoms with Crippen LogP contribution >= 0.6 is 0 Å². The highest BCUT2D eigenvalue weighted by Gasteiger charge is 2.38. The van der Waals surface area contributed by atoms with E-state index in [1.54, 1.807) is 18.2 Å². The molecule has 1 aliphatic rings. The van der Waals surface area contributed by atoms with Crippen molar-refractivity contribution in [3.8, 4) is 0 Å². The van der Waals surface area contributed by atoms with Crippen LogP contribution < -0.4 is 11.0 Å². The Labute approximate surface area is 143 Å². The average molecular weight is 350 g/mol. The minimum Gasteiger partial charge on any atom is -0.349 e. The van der Waals surface area contributed by atoms with Crippen molar-refractivity contribution >= 4 is 5.91 Å². The number of nitrogens with zero attached hydrogens (tertiary/aromatic N) is 2. The van der Waals surface area contributed by atoms with Crippen molar-refractivity contribution in [3.05, 3.63) is 51.7 Å². The number of hydrogen-bond donors (Lipinski definition) is 2. The zero-order valence-electron chi connectivity index (χ0n) is 13.9. The first-order chi connectivity index (χ1) is 11.9. The molecule has 2 aromatic rings. The van der Waals surface area contributed by atoms with Gasteiger partial charge >= 0.3 is 5.69 Å². The largest absolute Gasteiger partial charge is 0.349 e. The first-order valence-electron chi connectivity index (χ1n) is 8.18. The topological polar surface area (TPSA) is 79.8 Å². The van der Waals surface area contributed by atoms with Crippen LogP contribution in [-0.4, -0.2) is 27.2 Å². The molecule has 0 atom stereocenters. The zero-order valence-corrected chi connectivity index (χ0v) is 13.9. The van der Waals surface area contributed by atoms with Crippen LogP contribution in [0.3, 0.4) is 0 Å². The molecule has 0 radical (unpaired) electrons. The molecule has 1 aromatic heterocycles. The molecule has 1 heterocycles. The molecule has 8 heteroatoms. The van der Waals surface area contributed by atoms with Gasteiger partial charge in [0.1, 0.15) is 0 Å². The summed E-state index contributed by atoms with van der Waals surface area (Å²) >= 11 is 0. The molecule has 1 saturated carbocycles. The van der Waals surface area contributed by atoms with E-state index in [2.05, 4.69) is 15.4 Å². The molecule has 0 bridgehead atoms. The van der Waals surface area contributed by atoms with Gasteiger partial charge in [0, 0.05) is 19.2 Å². The Morgan fingerprint density at radius 3 is 2.68 bits per heavy atom. The molecule has 0 aliphatic heterocycles. The van der Waals surface area contributed by atoms with Gasteiger partial charge in [0.15, 0.2) is 0 Å². The summed E-state index contributed by atoms with van der Waals surface area (Å²) in [5.41, 5.74) is -0.0170. The molecule has 3 rings (SSSR count). The predicted octanol–water partition coefficient (Wildman–Crippen LogP) is 2.19. The molecule has 134 valence electrons. The van der Waals surface area contributed by atoms with E-state index in [0.29, 0.717) is 18.5 Å². The third-order valence-corrected chi connectivity index (χ3v) is 4.88. The highest BCUT2D eigenvalue weighted by atomic mass is 19.3. The smallest absolute Gasteiger partial charge is 0.343 e. The van der Waals surface area contributed by atoms with Gasteiger partial charge in [-0.3, -0.25) is 9.78 Å². The van der Waals surface area contributed by atoms with Gasteiger partial charge in [-0.15, -0.1) is 5.10 Å². The van der Waals surface area contributed by atoms with Crippen molar-refractivity contribution in [1.29, 1.82) is 0 Å². The Bertz CT molecular complexity index is 824. The van der Waals surface area contributed by atoms with Crippen LogP contribution in [0.15, 0.2) is 29.1 Å². The summed E-state index contributed by atoms with van der Waals surface area (Å²) in [6, 6.07) is 6.53. The van der Waals surface area contributed by atoms with Gasteiger partial charge < -0.3 is 5.32 Å². The molecule has 1 amide bonds. The maximum Gasteiger partial charge on any atom is 0.343 e. The zero-order chi connectivity index (χ0) is 18.0. The van der Waals surface area contributed by atoms with E-state index in [4.69, 9.17) is 0 Å². The van der Waals surface area contributed by atoms with Crippen LogP contribution in [-0.2, 0) is 13.5 Å². The second kappa shape index (κ2) is 6.78. The number of amides is 1. The summed E-state index contributed by atoms with van der Waals surface area (Å²) in [5.74, 6) is -0.513. The van der Waals surface area contributed by atoms with Gasteiger partial charge in [-0.2, -0.15) is 0 Å². The number of rotatable bonds is 6. The monoisotopic (exact) mass is 350 g/mol. The summed E-state index contributed by atoms with van der Waals surface area (Å²) in [5, 5.41) is 6.59. The molecule has 1 aliphatic carbocycles. The van der Waals surface area contributed by atoms with Crippen molar-refractivity contribution in [2.75, 3.05) is 6.54 Å². The molecule has 0 saturated heterocycles. The average Bonchev–Trinajstić information content (AvgIpc) is 2.89. The van der Waals surface area contributed by atoms with E-state index in [1.165, 1.54) is 13.1 Å². The van der Waals surface area contributed by atoms with Crippen LogP contribution in [0, 0.1) is 5.41 Å². The number of hydrogen-bond acceptors (Lipinski definition) is 3. The van der Waals surface area contributed by atoms with Gasteiger partial charge in [-0.25, -0.2) is 18.3 Å². The van der Waals surface area contributed by atoms with E-state index < -0.39 is 18.0 Å². The Kier molecular flexibility index (Phi) is 4.69. The maximum atomic E-state index is 13.2. The van der Waals surface area contributed by atoms with Crippen molar-refractivity contribution in [3.63, 3.8) is 0 Å². The molecule has 25 heavy (non-hydrogen) atoms. The minimum absolute atomic E-state index is 0.0463. The first-order valence-corrected chi connectivity index (χ1v) is 8.18. The highest BCUT2D eigenvalue weighted by Crippen LogP contribution is 2.44. The third-order valence-electron chi connectivity index (χ3n) is 4.88. The number of benzene rings is 1. The summed E-state index contributed by atoms with van der Waals surface area (Å²) in [6.45, 7) is 0.363. The van der Waals surface area contributed by atoms with E-state index >= 15 is 0 Å². The quantitative estimate of drug-likeness (QED) is 0.838. The van der Waals surface area contributed by atoms with Crippen molar-refractivity contribution in [1.82, 2.24) is 20.1 Å². The number of nitrogens with one attached hydrogen (secondary N) is 2. The van der Waals surface area contributed by atoms with E-state index in [9.17, 15) is 18.4 Å². The van der Waals surface area contributed by atoms with Crippen LogP contribution in [0.5, 0.6) is 0 Å². The molecule has 1 fully saturated rings. The summed E-state index contributed by atoms with van der Waals surface area (Å²) < 4.78 is 27.4. The number of H-pyrrole nitrogens is 1. The fourth-order valence-corrected chi connectivity index (χ4v) is 3.26. The highest BCUT2D eigenvalue weighted by molar-refractivity contribution is 5.90. The second-order valence-electron chi connectivity index (χ2n) is 6.61. The molecule has 1 aromatic carbocycles. The Morgan fingerprint density at radius 2 is 2.12 bits per heavy atom. The molecular weight excluding hydrogens is 330 g/mol. The fourth-order valence-electron chi connectivity index (χ4n) is 3.26. The Balaban J connectivity index is 1.70. The van der Waals surface area contributed by atoms with Gasteiger partial charge in [0.05, 0.1) is 0 Å². The van der Waals surface area contributed by atoms with Crippen molar-refractivity contribution in [2.45, 2.75) is 32.1 Å². The van der Waals surface area contributed by atoms with E-state index in [0.717, 1.165) is 23.9 Å². The lowest BCUT2D eigenvalue weighted by Gasteiger charge is -2.42. The van der Waals surface area contributed by atoms with Gasteiger partial charge in [-0.1, -0.05) is 30.7 Å². The number of aromatic amines is 1. The SMILES string of the molecule is Cn1nc(C(=O)NCC2(Cc3ccccc3C(F)F)CCC2)[nH]c1=O. The molecule has 0 spiro atoms. The molecular formula is C17H20F2N4O2. The lowest BCUT2D eigenvalue weighted by Crippen LogP contribution is -2.44. The number of carbonyl (C=O) groups is 1. The van der Waals surface area contributed by atoms with Crippen LogP contribution in [0.25, 0.3) is 0 Å². The summed E-state index contributed by atoms with van der Waals surface area (Å²) in [6.07, 6.45) is 0.717. The number of aryl methyl sites for hydroxylation is 1. The predicted molar refractivity (Wildman–Crippen MR) is 87.5 cm³/mol. The van der Waals surface area contributed by atoms with Crippen LogP contribution in [0.1, 0.15) is 47.4 Å². The maximum absolute atomic E-state index is 13.2. The minimum atomic E-state index is -2.51. The summed E-state index contributed by atoms with van der Waals surface area (Å²) in [4.78, 5) is 25.9. The number of halogens is 2. The lowest BCUT2D eigenvalue weighted by atomic mass is 9.65. The van der Waals surface area contributed by atoms with E-state index in [1.807, 2.05) is 0 Å². The summed E-state index contributed by atoms with van der Waals surface area (Å²) in [7, 11) is 1.45. The standard InChI is InChI=1S/C17H20F2N4O2/c1-23-16(25)21-14(22-23)15(24)20-10-17(7-4-8-17)9-11-5-2-3-6-12(11)13(18)19/h2-3,5-6,13H,4,7-10H2,1H3,(H,20,24)(H,21,22,25). The van der Waals surface area contributed by atoms with Crippen molar-refractivity contribution in [2.24, 2.45) is 12.5 Å². The normalized spacial score (nSPS) is 15.8. The van der Waals surface area contributed by atoms with Crippen LogP contribution in [0.4, 0.5) is 8.78 Å². The Morgan fingerprint density at radius 1 is 1.40 bits per heavy atom. The number of carbonyl (C=O) groups excluding carboxylic acids is 1. The van der Waals surface area contributed by atoms with Gasteiger partial charge in [-0.05, 0) is 30.2 Å². The molecule has 6 nitrogen and oxygen atoms in total. The molecule has 0 unspecified atom stereocenters. The third kappa shape index (κ3) is 3.62. The first kappa shape index (κ1) is 17.3. The van der Waals surface area contributed by atoms with Crippen LogP contribution in [0.2, 0.25) is 0 Å². The second-order valence-corrected chi connectivity index (χ2v) is 6.61. The number of alkyl halides is 2. The van der Waals surface area contributed by atoms with Gasteiger partial charge in [0.25, 0.3) is 12.3 Å². The lowest BCUT2D eigenvalue weighted by molar-refractivity contribution is 0.0844. The van der Waals surface area contributed by atoms with Crippen molar-refractivity contribution < 1.29 is 13.6 Å². The fraction of sp³-hybridized carbons (Fsp3) is 0.471. The van der Waals surface area contributed by atoms with Gasteiger partial charge in [0.2, 0.25) is 5.82 Å².